The lowest BCUT2D eigenvalue weighted by Crippen LogP contribution is -2.11. The maximum absolute atomic E-state index is 10.6. The van der Waals surface area contributed by atoms with Gasteiger partial charge in [-0.25, -0.2) is 0 Å². The van der Waals surface area contributed by atoms with Crippen molar-refractivity contribution in [1.82, 2.24) is 5.32 Å². The zero-order valence-electron chi connectivity index (χ0n) is 5.61. The zero-order chi connectivity index (χ0) is 6.69. The van der Waals surface area contributed by atoms with Gasteiger partial charge in [0.1, 0.15) is 0 Å². The maximum Gasteiger partial charge on any atom is 0.224 e. The van der Waals surface area contributed by atoms with Crippen molar-refractivity contribution in [1.29, 1.82) is 0 Å². The molecule has 0 aromatic rings. The Morgan fingerprint density at radius 1 is 1.67 bits per heavy atom. The lowest BCUT2D eigenvalue weighted by Gasteiger charge is -1.92. The first-order chi connectivity index (χ1) is 4.33. The number of allylic oxidation sites excluding steroid dienone is 2. The summed E-state index contributed by atoms with van der Waals surface area (Å²) in [4.78, 5) is 10.6. The number of nitrogens with one attached hydrogen (secondary N) is 1. The van der Waals surface area contributed by atoms with Gasteiger partial charge in [0.25, 0.3) is 0 Å². The number of hydrogen-bond acceptors (Lipinski definition) is 1. The summed E-state index contributed by atoms with van der Waals surface area (Å²) >= 11 is 0. The SMILES string of the molecule is CCC=C1CCC(=O)N1. The summed E-state index contributed by atoms with van der Waals surface area (Å²) in [5.74, 6) is 0.162. The van der Waals surface area contributed by atoms with Crippen molar-refractivity contribution < 1.29 is 4.79 Å². The molecule has 9 heavy (non-hydrogen) atoms. The molecule has 0 saturated carbocycles. The smallest absolute Gasteiger partial charge is 0.224 e. The van der Waals surface area contributed by atoms with Crippen LogP contribution in [0, 0.1) is 0 Å². The monoisotopic (exact) mass is 125 g/mol. The molecule has 1 fully saturated rings. The van der Waals surface area contributed by atoms with Gasteiger partial charge >= 0.3 is 0 Å². The van der Waals surface area contributed by atoms with E-state index in [0.29, 0.717) is 6.42 Å². The lowest BCUT2D eigenvalue weighted by molar-refractivity contribution is -0.118. The molecule has 0 aromatic carbocycles. The molecule has 1 rings (SSSR count). The second-order valence-electron chi connectivity index (χ2n) is 2.19. The average molecular weight is 125 g/mol. The molecule has 2 nitrogen and oxygen atoms in total. The Kier molecular flexibility index (Phi) is 1.88. The molecule has 0 spiro atoms. The fraction of sp³-hybridized carbons (Fsp3) is 0.571. The Bertz CT molecular complexity index is 149. The topological polar surface area (TPSA) is 29.1 Å². The van der Waals surface area contributed by atoms with Crippen LogP contribution in [0.1, 0.15) is 26.2 Å². The summed E-state index contributed by atoms with van der Waals surface area (Å²) in [5, 5.41) is 2.78. The first-order valence-electron chi connectivity index (χ1n) is 3.32. The third-order valence-corrected chi connectivity index (χ3v) is 1.37. The van der Waals surface area contributed by atoms with E-state index in [-0.39, 0.29) is 5.91 Å². The molecule has 0 bridgehead atoms. The Labute approximate surface area is 54.9 Å². The van der Waals surface area contributed by atoms with E-state index >= 15 is 0 Å². The molecule has 1 aliphatic heterocycles. The largest absolute Gasteiger partial charge is 0.330 e. The third-order valence-electron chi connectivity index (χ3n) is 1.37. The standard InChI is InChI=1S/C7H11NO/c1-2-3-6-4-5-7(9)8-6/h3H,2,4-5H2,1H3,(H,8,9). The quantitative estimate of drug-likeness (QED) is 0.560. The molecule has 0 aliphatic carbocycles. The number of carbonyl (C=O) groups excluding carboxylic acids is 1. The van der Waals surface area contributed by atoms with Crippen LogP contribution >= 0.6 is 0 Å². The van der Waals surface area contributed by atoms with Crippen molar-refractivity contribution in [3.05, 3.63) is 11.8 Å². The van der Waals surface area contributed by atoms with Crippen molar-refractivity contribution >= 4 is 5.91 Å². The highest BCUT2D eigenvalue weighted by molar-refractivity contribution is 5.80. The van der Waals surface area contributed by atoms with Crippen molar-refractivity contribution in [3.63, 3.8) is 0 Å². The van der Waals surface area contributed by atoms with Gasteiger partial charge in [0, 0.05) is 12.1 Å². The summed E-state index contributed by atoms with van der Waals surface area (Å²) in [6.45, 7) is 2.07. The molecule has 50 valence electrons. The van der Waals surface area contributed by atoms with Crippen molar-refractivity contribution in [2.45, 2.75) is 26.2 Å². The average Bonchev–Trinajstić information content (AvgIpc) is 2.17. The molecule has 2 heteroatoms. The summed E-state index contributed by atoms with van der Waals surface area (Å²) in [6.07, 6.45) is 4.65. The Hall–Kier alpha value is -0.790. The van der Waals surface area contributed by atoms with Gasteiger partial charge in [-0.2, -0.15) is 0 Å². The van der Waals surface area contributed by atoms with Gasteiger partial charge in [0.15, 0.2) is 0 Å². The van der Waals surface area contributed by atoms with Crippen LogP contribution in [0.5, 0.6) is 0 Å². The number of amides is 1. The van der Waals surface area contributed by atoms with Gasteiger partial charge in [0.2, 0.25) is 5.91 Å². The van der Waals surface area contributed by atoms with Crippen LogP contribution in [0.25, 0.3) is 0 Å². The third kappa shape index (κ3) is 1.56. The van der Waals surface area contributed by atoms with Gasteiger partial charge in [0.05, 0.1) is 0 Å². The number of carbonyl (C=O) groups is 1. The van der Waals surface area contributed by atoms with E-state index in [1.807, 2.05) is 0 Å². The first kappa shape index (κ1) is 6.33. The van der Waals surface area contributed by atoms with Gasteiger partial charge in [-0.3, -0.25) is 4.79 Å². The van der Waals surface area contributed by atoms with Crippen LogP contribution in [0.15, 0.2) is 11.8 Å². The first-order valence-corrected chi connectivity index (χ1v) is 3.32. The molecule has 1 saturated heterocycles. The Morgan fingerprint density at radius 2 is 2.44 bits per heavy atom. The van der Waals surface area contributed by atoms with E-state index in [0.717, 1.165) is 18.5 Å². The molecule has 0 aromatic heterocycles. The number of hydrogen-bond donors (Lipinski definition) is 1. The Morgan fingerprint density at radius 3 is 2.89 bits per heavy atom. The van der Waals surface area contributed by atoms with Crippen molar-refractivity contribution in [2.24, 2.45) is 0 Å². The molecule has 1 amide bonds. The van der Waals surface area contributed by atoms with Crippen LogP contribution in [-0.4, -0.2) is 5.91 Å². The molecule has 1 aliphatic rings. The van der Waals surface area contributed by atoms with Crippen LogP contribution in [0.4, 0.5) is 0 Å². The predicted octanol–water partition coefficient (Wildman–Crippen LogP) is 1.19. The minimum absolute atomic E-state index is 0.162. The van der Waals surface area contributed by atoms with E-state index in [1.165, 1.54) is 0 Å². The van der Waals surface area contributed by atoms with Gasteiger partial charge in [-0.05, 0) is 12.8 Å². The predicted molar refractivity (Wildman–Crippen MR) is 35.8 cm³/mol. The molecule has 0 unspecified atom stereocenters. The van der Waals surface area contributed by atoms with Crippen LogP contribution < -0.4 is 5.32 Å². The van der Waals surface area contributed by atoms with Crippen molar-refractivity contribution in [2.75, 3.05) is 0 Å². The van der Waals surface area contributed by atoms with Gasteiger partial charge in [-0.1, -0.05) is 13.0 Å². The van der Waals surface area contributed by atoms with Gasteiger partial charge < -0.3 is 5.32 Å². The molecular formula is C7H11NO. The van der Waals surface area contributed by atoms with E-state index < -0.39 is 0 Å². The second kappa shape index (κ2) is 2.67. The Balaban J connectivity index is 2.47. The van der Waals surface area contributed by atoms with E-state index in [4.69, 9.17) is 0 Å². The maximum atomic E-state index is 10.6. The summed E-state index contributed by atoms with van der Waals surface area (Å²) in [5.41, 5.74) is 1.10. The fourth-order valence-electron chi connectivity index (χ4n) is 0.952. The number of rotatable bonds is 1. The molecule has 1 heterocycles. The van der Waals surface area contributed by atoms with Crippen LogP contribution in [-0.2, 0) is 4.79 Å². The van der Waals surface area contributed by atoms with Gasteiger partial charge in [-0.15, -0.1) is 0 Å². The minimum atomic E-state index is 0.162. The van der Waals surface area contributed by atoms with Crippen molar-refractivity contribution in [3.8, 4) is 0 Å². The zero-order valence-corrected chi connectivity index (χ0v) is 5.61. The molecule has 0 radical (unpaired) electrons. The second-order valence-corrected chi connectivity index (χ2v) is 2.19. The fourth-order valence-corrected chi connectivity index (χ4v) is 0.952. The highest BCUT2D eigenvalue weighted by atomic mass is 16.1. The van der Waals surface area contributed by atoms with E-state index in [1.54, 1.807) is 0 Å². The lowest BCUT2D eigenvalue weighted by atomic mass is 10.3. The highest BCUT2D eigenvalue weighted by Gasteiger charge is 2.12. The summed E-state index contributed by atoms with van der Waals surface area (Å²) < 4.78 is 0. The van der Waals surface area contributed by atoms with E-state index in [2.05, 4.69) is 18.3 Å². The summed E-state index contributed by atoms with van der Waals surface area (Å²) in [6, 6.07) is 0. The van der Waals surface area contributed by atoms with Crippen LogP contribution in [0.3, 0.4) is 0 Å². The molecule has 0 atom stereocenters. The molecular weight excluding hydrogens is 114 g/mol. The summed E-state index contributed by atoms with van der Waals surface area (Å²) in [7, 11) is 0. The van der Waals surface area contributed by atoms with Crippen LogP contribution in [0.2, 0.25) is 0 Å². The normalized spacial score (nSPS) is 22.8. The minimum Gasteiger partial charge on any atom is -0.330 e. The van der Waals surface area contributed by atoms with E-state index in [9.17, 15) is 4.79 Å². The highest BCUT2D eigenvalue weighted by Crippen LogP contribution is 2.09. The molecule has 1 N–H and O–H groups in total.